The van der Waals surface area contributed by atoms with Gasteiger partial charge in [0.15, 0.2) is 6.61 Å². The van der Waals surface area contributed by atoms with Gasteiger partial charge in [-0.05, 0) is 46.6 Å². The molecule has 0 spiro atoms. The van der Waals surface area contributed by atoms with Gasteiger partial charge in [0.2, 0.25) is 5.91 Å². The fraction of sp³-hybridized carbons (Fsp3) is 0.167. The van der Waals surface area contributed by atoms with E-state index in [1.54, 1.807) is 37.3 Å². The van der Waals surface area contributed by atoms with Crippen LogP contribution >= 0.6 is 15.9 Å². The van der Waals surface area contributed by atoms with E-state index in [2.05, 4.69) is 26.6 Å². The molecule has 2 rings (SSSR count). The smallest absolute Gasteiger partial charge is 0.340 e. The third kappa shape index (κ3) is 5.32. The SMILES string of the molecule is Cc1cccc(C(=O)OCC(=O)NCC(=O)Nc2ccccc2Br)c1N. The number of carbonyl (C=O) groups is 3. The summed E-state index contributed by atoms with van der Waals surface area (Å²) < 4.78 is 5.65. The minimum absolute atomic E-state index is 0.199. The van der Waals surface area contributed by atoms with Crippen LogP contribution in [-0.4, -0.2) is 30.9 Å². The molecule has 0 aliphatic carbocycles. The van der Waals surface area contributed by atoms with Crippen LogP contribution in [0.15, 0.2) is 46.9 Å². The minimum atomic E-state index is -0.695. The number of nitrogen functional groups attached to an aromatic ring is 1. The number of aryl methyl sites for hydroxylation is 1. The summed E-state index contributed by atoms with van der Waals surface area (Å²) in [6, 6.07) is 12.1. The Labute approximate surface area is 159 Å². The van der Waals surface area contributed by atoms with Crippen LogP contribution in [0.1, 0.15) is 15.9 Å². The molecule has 0 aromatic heterocycles. The number of amides is 2. The van der Waals surface area contributed by atoms with E-state index in [9.17, 15) is 14.4 Å². The Hall–Kier alpha value is -2.87. The number of nitrogens with two attached hydrogens (primary N) is 1. The van der Waals surface area contributed by atoms with Crippen LogP contribution in [-0.2, 0) is 14.3 Å². The van der Waals surface area contributed by atoms with E-state index in [-0.39, 0.29) is 12.1 Å². The average molecular weight is 420 g/mol. The normalized spacial score (nSPS) is 10.1. The standard InChI is InChI=1S/C18H18BrN3O4/c1-11-5-4-6-12(17(11)20)18(25)26-10-16(24)21-9-15(23)22-14-8-3-2-7-13(14)19/h2-8H,9-10,20H2,1H3,(H,21,24)(H,22,23). The fourth-order valence-corrected chi connectivity index (χ4v) is 2.44. The largest absolute Gasteiger partial charge is 0.452 e. The van der Waals surface area contributed by atoms with Gasteiger partial charge in [-0.2, -0.15) is 0 Å². The number of anilines is 2. The molecule has 8 heteroatoms. The Morgan fingerprint density at radius 1 is 1.08 bits per heavy atom. The van der Waals surface area contributed by atoms with Gasteiger partial charge >= 0.3 is 5.97 Å². The number of halogens is 1. The maximum atomic E-state index is 12.0. The van der Waals surface area contributed by atoms with Crippen molar-refractivity contribution in [1.29, 1.82) is 0 Å². The zero-order chi connectivity index (χ0) is 19.1. The molecule has 0 atom stereocenters. The van der Waals surface area contributed by atoms with Crippen molar-refractivity contribution >= 4 is 45.1 Å². The van der Waals surface area contributed by atoms with Crippen molar-refractivity contribution in [3.8, 4) is 0 Å². The third-order valence-corrected chi connectivity index (χ3v) is 4.16. The molecule has 7 nitrogen and oxygen atoms in total. The molecule has 0 aliphatic heterocycles. The molecule has 2 aromatic rings. The van der Waals surface area contributed by atoms with Crippen molar-refractivity contribution in [1.82, 2.24) is 5.32 Å². The molecule has 0 bridgehead atoms. The number of hydrogen-bond donors (Lipinski definition) is 3. The molecule has 0 unspecified atom stereocenters. The van der Waals surface area contributed by atoms with Gasteiger partial charge in [-0.1, -0.05) is 24.3 Å². The first-order valence-corrected chi connectivity index (χ1v) is 8.51. The van der Waals surface area contributed by atoms with Crippen LogP contribution in [0.2, 0.25) is 0 Å². The first-order chi connectivity index (χ1) is 12.4. The van der Waals surface area contributed by atoms with Crippen molar-refractivity contribution in [2.45, 2.75) is 6.92 Å². The Balaban J connectivity index is 1.78. The number of hydrogen-bond acceptors (Lipinski definition) is 5. The molecule has 0 saturated heterocycles. The second-order valence-corrected chi connectivity index (χ2v) is 6.27. The Morgan fingerprint density at radius 3 is 2.54 bits per heavy atom. The van der Waals surface area contributed by atoms with Crippen molar-refractivity contribution in [3.05, 3.63) is 58.1 Å². The van der Waals surface area contributed by atoms with E-state index >= 15 is 0 Å². The van der Waals surface area contributed by atoms with Crippen LogP contribution in [0.5, 0.6) is 0 Å². The van der Waals surface area contributed by atoms with Crippen molar-refractivity contribution in [2.75, 3.05) is 24.2 Å². The molecule has 0 saturated carbocycles. The lowest BCUT2D eigenvalue weighted by Crippen LogP contribution is -2.35. The Kier molecular flexibility index (Phi) is 6.74. The summed E-state index contributed by atoms with van der Waals surface area (Å²) in [7, 11) is 0. The fourth-order valence-electron chi connectivity index (χ4n) is 2.05. The molecule has 2 aromatic carbocycles. The topological polar surface area (TPSA) is 111 Å². The molecule has 4 N–H and O–H groups in total. The van der Waals surface area contributed by atoms with Crippen molar-refractivity contribution in [3.63, 3.8) is 0 Å². The van der Waals surface area contributed by atoms with E-state index in [1.807, 2.05) is 6.07 Å². The molecule has 26 heavy (non-hydrogen) atoms. The molecule has 0 aliphatic rings. The van der Waals surface area contributed by atoms with Crippen LogP contribution in [0.25, 0.3) is 0 Å². The third-order valence-electron chi connectivity index (χ3n) is 3.47. The molecule has 0 fully saturated rings. The highest BCUT2D eigenvalue weighted by atomic mass is 79.9. The molecule has 136 valence electrons. The monoisotopic (exact) mass is 419 g/mol. The lowest BCUT2D eigenvalue weighted by atomic mass is 10.1. The molecular weight excluding hydrogens is 402 g/mol. The van der Waals surface area contributed by atoms with Crippen LogP contribution in [0, 0.1) is 6.92 Å². The lowest BCUT2D eigenvalue weighted by molar-refractivity contribution is -0.126. The van der Waals surface area contributed by atoms with Gasteiger partial charge in [0.25, 0.3) is 5.91 Å². The highest BCUT2D eigenvalue weighted by Gasteiger charge is 2.14. The second kappa shape index (κ2) is 9.00. The van der Waals surface area contributed by atoms with E-state index in [1.165, 1.54) is 6.07 Å². The highest BCUT2D eigenvalue weighted by Crippen LogP contribution is 2.20. The van der Waals surface area contributed by atoms with Crippen molar-refractivity contribution < 1.29 is 19.1 Å². The van der Waals surface area contributed by atoms with Gasteiger partial charge in [0.05, 0.1) is 17.8 Å². The average Bonchev–Trinajstić information content (AvgIpc) is 2.62. The number of rotatable bonds is 6. The first-order valence-electron chi connectivity index (χ1n) is 7.71. The van der Waals surface area contributed by atoms with Gasteiger partial charge in [-0.15, -0.1) is 0 Å². The van der Waals surface area contributed by atoms with Gasteiger partial charge in [0, 0.05) is 10.2 Å². The zero-order valence-corrected chi connectivity index (χ0v) is 15.6. The minimum Gasteiger partial charge on any atom is -0.452 e. The summed E-state index contributed by atoms with van der Waals surface area (Å²) in [5.41, 5.74) is 7.66. The Morgan fingerprint density at radius 2 is 1.81 bits per heavy atom. The number of para-hydroxylation sites is 2. The molecule has 2 amide bonds. The zero-order valence-electron chi connectivity index (χ0n) is 14.0. The van der Waals surface area contributed by atoms with Gasteiger partial charge in [-0.25, -0.2) is 4.79 Å². The van der Waals surface area contributed by atoms with E-state index < -0.39 is 24.4 Å². The number of nitrogens with one attached hydrogen (secondary N) is 2. The summed E-state index contributed by atoms with van der Waals surface area (Å²) in [6.45, 7) is 1.02. The highest BCUT2D eigenvalue weighted by molar-refractivity contribution is 9.10. The summed E-state index contributed by atoms with van der Waals surface area (Å²) >= 11 is 3.31. The number of ether oxygens (including phenoxy) is 1. The van der Waals surface area contributed by atoms with Crippen LogP contribution < -0.4 is 16.4 Å². The van der Waals surface area contributed by atoms with Crippen LogP contribution in [0.3, 0.4) is 0 Å². The summed E-state index contributed by atoms with van der Waals surface area (Å²) in [4.78, 5) is 35.6. The number of esters is 1. The Bertz CT molecular complexity index is 839. The lowest BCUT2D eigenvalue weighted by Gasteiger charge is -2.10. The van der Waals surface area contributed by atoms with Gasteiger partial charge in [0.1, 0.15) is 0 Å². The summed E-state index contributed by atoms with van der Waals surface area (Å²) in [5, 5.41) is 5.03. The first kappa shape index (κ1) is 19.5. The van der Waals surface area contributed by atoms with Gasteiger partial charge in [-0.3, -0.25) is 9.59 Å². The molecule has 0 radical (unpaired) electrons. The van der Waals surface area contributed by atoms with E-state index in [4.69, 9.17) is 10.5 Å². The summed E-state index contributed by atoms with van der Waals surface area (Å²) in [6.07, 6.45) is 0. The van der Waals surface area contributed by atoms with E-state index in [0.717, 1.165) is 10.0 Å². The maximum Gasteiger partial charge on any atom is 0.340 e. The number of carbonyl (C=O) groups excluding carboxylic acids is 3. The quantitative estimate of drug-likeness (QED) is 0.491. The number of benzene rings is 2. The van der Waals surface area contributed by atoms with Crippen molar-refractivity contribution in [2.24, 2.45) is 0 Å². The molecular formula is C18H18BrN3O4. The summed E-state index contributed by atoms with van der Waals surface area (Å²) in [5.74, 6) is -1.69. The van der Waals surface area contributed by atoms with E-state index in [0.29, 0.717) is 11.4 Å². The predicted octanol–water partition coefficient (Wildman–Crippen LogP) is 2.25. The van der Waals surface area contributed by atoms with Gasteiger partial charge < -0.3 is 21.1 Å². The molecule has 0 heterocycles. The predicted molar refractivity (Wildman–Crippen MR) is 102 cm³/mol. The maximum absolute atomic E-state index is 12.0. The second-order valence-electron chi connectivity index (χ2n) is 5.42. The van der Waals surface area contributed by atoms with Crippen LogP contribution in [0.4, 0.5) is 11.4 Å².